The molecule has 0 aliphatic heterocycles. The summed E-state index contributed by atoms with van der Waals surface area (Å²) < 4.78 is 0. The highest BCUT2D eigenvalue weighted by Gasteiger charge is 2.20. The number of aromatic amines is 1. The molecule has 0 spiro atoms. The lowest BCUT2D eigenvalue weighted by molar-refractivity contribution is 1.04. The van der Waals surface area contributed by atoms with E-state index in [4.69, 9.17) is 9.97 Å². The van der Waals surface area contributed by atoms with Crippen molar-refractivity contribution in [2.24, 2.45) is 0 Å². The van der Waals surface area contributed by atoms with Gasteiger partial charge in [0, 0.05) is 39.4 Å². The molecule has 0 saturated carbocycles. The lowest BCUT2D eigenvalue weighted by atomic mass is 9.88. The van der Waals surface area contributed by atoms with Gasteiger partial charge in [0.2, 0.25) is 0 Å². The first-order valence-electron chi connectivity index (χ1n) is 14.8. The molecule has 3 heteroatoms. The zero-order valence-electron chi connectivity index (χ0n) is 24.1. The SMILES string of the molecule is CC/C=C/c1c(-c2cc(C3=CCCC=C3)nc(-c3ccccc3)c2)nc2ccccc2c1-c1ccc2cc[nH]c2c1C. The number of benzene rings is 3. The zero-order valence-corrected chi connectivity index (χ0v) is 24.1. The van der Waals surface area contributed by atoms with E-state index >= 15 is 0 Å². The second-order valence-electron chi connectivity index (χ2n) is 10.9. The third-order valence-corrected chi connectivity index (χ3v) is 8.17. The molecule has 0 atom stereocenters. The molecule has 0 unspecified atom stereocenters. The molecule has 3 heterocycles. The van der Waals surface area contributed by atoms with E-state index < -0.39 is 0 Å². The Morgan fingerprint density at radius 1 is 0.833 bits per heavy atom. The third kappa shape index (κ3) is 4.67. The van der Waals surface area contributed by atoms with E-state index in [0.717, 1.165) is 63.9 Å². The number of nitrogens with one attached hydrogen (secondary N) is 1. The summed E-state index contributed by atoms with van der Waals surface area (Å²) in [5.74, 6) is 0. The molecule has 0 bridgehead atoms. The molecule has 0 radical (unpaired) electrons. The van der Waals surface area contributed by atoms with Crippen molar-refractivity contribution in [2.75, 3.05) is 0 Å². The van der Waals surface area contributed by atoms with Gasteiger partial charge < -0.3 is 4.98 Å². The van der Waals surface area contributed by atoms with Crippen LogP contribution in [-0.2, 0) is 0 Å². The number of hydrogen-bond donors (Lipinski definition) is 1. The fourth-order valence-corrected chi connectivity index (χ4v) is 6.06. The number of nitrogens with zero attached hydrogens (tertiary/aromatic N) is 2. The Bertz CT molecular complexity index is 2020. The maximum atomic E-state index is 5.36. The van der Waals surface area contributed by atoms with Crippen molar-refractivity contribution in [1.82, 2.24) is 15.0 Å². The summed E-state index contributed by atoms with van der Waals surface area (Å²) in [5.41, 5.74) is 13.2. The number of allylic oxidation sites excluding steroid dienone is 5. The van der Waals surface area contributed by atoms with Gasteiger partial charge in [-0.3, -0.25) is 0 Å². The first kappa shape index (κ1) is 25.9. The maximum absolute atomic E-state index is 5.36. The van der Waals surface area contributed by atoms with Crippen LogP contribution >= 0.6 is 0 Å². The summed E-state index contributed by atoms with van der Waals surface area (Å²) in [4.78, 5) is 14.0. The molecule has 0 amide bonds. The summed E-state index contributed by atoms with van der Waals surface area (Å²) in [6.45, 7) is 4.40. The molecule has 1 N–H and O–H groups in total. The third-order valence-electron chi connectivity index (χ3n) is 8.17. The predicted molar refractivity (Wildman–Crippen MR) is 178 cm³/mol. The molecule has 204 valence electrons. The van der Waals surface area contributed by atoms with E-state index in [-0.39, 0.29) is 0 Å². The van der Waals surface area contributed by atoms with Gasteiger partial charge in [0.15, 0.2) is 0 Å². The average molecular weight is 544 g/mol. The molecule has 1 aliphatic carbocycles. The van der Waals surface area contributed by atoms with Crippen molar-refractivity contribution in [3.05, 3.63) is 132 Å². The van der Waals surface area contributed by atoms with Gasteiger partial charge in [-0.05, 0) is 72.5 Å². The largest absolute Gasteiger partial charge is 0.361 e. The number of aryl methyl sites for hydroxylation is 1. The van der Waals surface area contributed by atoms with Crippen molar-refractivity contribution in [2.45, 2.75) is 33.1 Å². The summed E-state index contributed by atoms with van der Waals surface area (Å²) in [5, 5.41) is 2.38. The first-order chi connectivity index (χ1) is 20.7. The molecule has 6 aromatic rings. The van der Waals surface area contributed by atoms with Gasteiger partial charge in [-0.25, -0.2) is 9.97 Å². The molecular weight excluding hydrogens is 510 g/mol. The van der Waals surface area contributed by atoms with Crippen LogP contribution in [0.15, 0.2) is 115 Å². The van der Waals surface area contributed by atoms with Crippen LogP contribution in [0.1, 0.15) is 43.0 Å². The molecule has 0 fully saturated rings. The Hall–Kier alpha value is -5.02. The number of aromatic nitrogens is 3. The van der Waals surface area contributed by atoms with Crippen LogP contribution in [0.2, 0.25) is 0 Å². The van der Waals surface area contributed by atoms with E-state index in [1.54, 1.807) is 0 Å². The van der Waals surface area contributed by atoms with Gasteiger partial charge in [0.05, 0.1) is 22.6 Å². The second-order valence-corrected chi connectivity index (χ2v) is 10.9. The van der Waals surface area contributed by atoms with Crippen molar-refractivity contribution in [3.63, 3.8) is 0 Å². The summed E-state index contributed by atoms with van der Waals surface area (Å²) in [7, 11) is 0. The average Bonchev–Trinajstić information content (AvgIpc) is 3.54. The molecule has 3 nitrogen and oxygen atoms in total. The number of rotatable bonds is 6. The maximum Gasteiger partial charge on any atom is 0.0789 e. The molecule has 3 aromatic carbocycles. The van der Waals surface area contributed by atoms with Gasteiger partial charge in [-0.2, -0.15) is 0 Å². The predicted octanol–water partition coefficient (Wildman–Crippen LogP) is 10.6. The van der Waals surface area contributed by atoms with Crippen molar-refractivity contribution in [3.8, 4) is 33.6 Å². The minimum absolute atomic E-state index is 0.939. The Balaban J connectivity index is 1.56. The van der Waals surface area contributed by atoms with Crippen LogP contribution in [0, 0.1) is 6.92 Å². The topological polar surface area (TPSA) is 41.6 Å². The highest BCUT2D eigenvalue weighted by Crippen LogP contribution is 2.42. The monoisotopic (exact) mass is 543 g/mol. The minimum Gasteiger partial charge on any atom is -0.361 e. The van der Waals surface area contributed by atoms with Crippen LogP contribution in [0.5, 0.6) is 0 Å². The second kappa shape index (κ2) is 11.1. The number of pyridine rings is 2. The quantitative estimate of drug-likeness (QED) is 0.227. The number of hydrogen-bond acceptors (Lipinski definition) is 2. The smallest absolute Gasteiger partial charge is 0.0789 e. The summed E-state index contributed by atoms with van der Waals surface area (Å²) >= 11 is 0. The lowest BCUT2D eigenvalue weighted by Gasteiger charge is -2.19. The number of fused-ring (bicyclic) bond motifs is 2. The van der Waals surface area contributed by atoms with Crippen molar-refractivity contribution < 1.29 is 0 Å². The van der Waals surface area contributed by atoms with Gasteiger partial charge in [0.25, 0.3) is 0 Å². The normalized spacial score (nSPS) is 13.3. The fraction of sp³-hybridized carbons (Fsp3) is 0.128. The van der Waals surface area contributed by atoms with Gasteiger partial charge in [-0.1, -0.05) is 98.0 Å². The zero-order chi connectivity index (χ0) is 28.5. The molecule has 3 aromatic heterocycles. The van der Waals surface area contributed by atoms with Gasteiger partial charge >= 0.3 is 0 Å². The Morgan fingerprint density at radius 3 is 2.50 bits per heavy atom. The van der Waals surface area contributed by atoms with E-state index in [1.165, 1.54) is 33.2 Å². The first-order valence-corrected chi connectivity index (χ1v) is 14.8. The molecule has 7 rings (SSSR count). The molecule has 0 saturated heterocycles. The Morgan fingerprint density at radius 2 is 1.67 bits per heavy atom. The van der Waals surface area contributed by atoms with Crippen molar-refractivity contribution >= 4 is 33.5 Å². The van der Waals surface area contributed by atoms with Crippen LogP contribution < -0.4 is 0 Å². The highest BCUT2D eigenvalue weighted by atomic mass is 14.7. The van der Waals surface area contributed by atoms with E-state index in [2.05, 4.69) is 134 Å². The van der Waals surface area contributed by atoms with Gasteiger partial charge in [0.1, 0.15) is 0 Å². The van der Waals surface area contributed by atoms with Crippen molar-refractivity contribution in [1.29, 1.82) is 0 Å². The van der Waals surface area contributed by atoms with E-state index in [1.807, 2.05) is 6.20 Å². The Labute approximate surface area is 247 Å². The number of para-hydroxylation sites is 1. The van der Waals surface area contributed by atoms with Crippen LogP contribution in [0.4, 0.5) is 0 Å². The van der Waals surface area contributed by atoms with Crippen LogP contribution in [0.3, 0.4) is 0 Å². The van der Waals surface area contributed by atoms with E-state index in [0.29, 0.717) is 0 Å². The summed E-state index contributed by atoms with van der Waals surface area (Å²) in [6, 6.07) is 30.0. The number of H-pyrrole nitrogens is 1. The minimum atomic E-state index is 0.939. The molecular formula is C39H33N3. The Kier molecular flexibility index (Phi) is 6.85. The van der Waals surface area contributed by atoms with E-state index in [9.17, 15) is 0 Å². The molecule has 1 aliphatic rings. The lowest BCUT2D eigenvalue weighted by Crippen LogP contribution is -2.00. The highest BCUT2D eigenvalue weighted by molar-refractivity contribution is 6.05. The standard InChI is InChI=1S/C39H33N3/c1-3-4-17-33-37(31-21-20-29-22-23-40-38(29)26(31)2)32-18-11-12-19-34(32)42-39(33)30-24-35(27-13-7-5-8-14-27)41-36(25-30)28-15-9-6-10-16-28/h4-5,7-9,11-25,40H,3,6,10H2,1-2H3/b17-4+. The van der Waals surface area contributed by atoms with Crippen LogP contribution in [-0.4, -0.2) is 15.0 Å². The molecule has 42 heavy (non-hydrogen) atoms. The van der Waals surface area contributed by atoms with Gasteiger partial charge in [-0.15, -0.1) is 0 Å². The summed E-state index contributed by atoms with van der Waals surface area (Å²) in [6.07, 6.45) is 16.3. The van der Waals surface area contributed by atoms with Crippen LogP contribution in [0.25, 0.3) is 67.1 Å². The fourth-order valence-electron chi connectivity index (χ4n) is 6.06.